The highest BCUT2D eigenvalue weighted by molar-refractivity contribution is 6.60. The van der Waals surface area contributed by atoms with E-state index in [2.05, 4.69) is 5.32 Å². The van der Waals surface area contributed by atoms with Crippen LogP contribution < -0.4 is 11.1 Å². The molecule has 0 aliphatic rings. The standard InChI is InChI=1S/C11H24N2O6Si/c1-16-20(17-2,18-3)8-4-7-19-11(15)10(14)9-13-6-5-12/h13H,4-9,12H2,1-3H3. The number of hydrogen-bond donors (Lipinski definition) is 2. The van der Waals surface area contributed by atoms with E-state index in [1.54, 1.807) is 0 Å². The van der Waals surface area contributed by atoms with E-state index in [1.165, 1.54) is 21.3 Å². The Kier molecular flexibility index (Phi) is 10.4. The minimum absolute atomic E-state index is 0.0665. The van der Waals surface area contributed by atoms with Gasteiger partial charge in [-0.05, 0) is 6.42 Å². The van der Waals surface area contributed by atoms with Gasteiger partial charge in [0.2, 0.25) is 0 Å². The van der Waals surface area contributed by atoms with E-state index in [0.29, 0.717) is 25.6 Å². The molecule has 0 unspecified atom stereocenters. The Labute approximate surface area is 120 Å². The maximum absolute atomic E-state index is 11.3. The van der Waals surface area contributed by atoms with Gasteiger partial charge in [-0.25, -0.2) is 4.79 Å². The van der Waals surface area contributed by atoms with E-state index in [-0.39, 0.29) is 13.2 Å². The number of carbonyl (C=O) groups is 2. The van der Waals surface area contributed by atoms with Gasteiger partial charge in [0.15, 0.2) is 0 Å². The molecule has 3 N–H and O–H groups in total. The summed E-state index contributed by atoms with van der Waals surface area (Å²) in [5.41, 5.74) is 5.25. The fourth-order valence-electron chi connectivity index (χ4n) is 1.47. The lowest BCUT2D eigenvalue weighted by atomic mass is 10.4. The monoisotopic (exact) mass is 308 g/mol. The van der Waals surface area contributed by atoms with Gasteiger partial charge in [-0.15, -0.1) is 0 Å². The largest absolute Gasteiger partial charge is 0.500 e. The predicted octanol–water partition coefficient (Wildman–Crippen LogP) is -1.08. The van der Waals surface area contributed by atoms with Crippen molar-refractivity contribution in [1.29, 1.82) is 0 Å². The minimum atomic E-state index is -2.64. The Morgan fingerprint density at radius 2 is 1.75 bits per heavy atom. The molecule has 118 valence electrons. The van der Waals surface area contributed by atoms with Crippen LogP contribution in [0, 0.1) is 0 Å². The Balaban J connectivity index is 3.88. The third-order valence-corrected chi connectivity index (χ3v) is 5.46. The van der Waals surface area contributed by atoms with Gasteiger partial charge in [-0.2, -0.15) is 0 Å². The summed E-state index contributed by atoms with van der Waals surface area (Å²) in [5, 5.41) is 2.73. The Bertz CT molecular complexity index is 290. The molecule has 0 spiro atoms. The molecule has 0 bridgehead atoms. The second-order valence-corrected chi connectivity index (χ2v) is 7.01. The second kappa shape index (κ2) is 10.9. The lowest BCUT2D eigenvalue weighted by Crippen LogP contribution is -2.42. The number of nitrogens with one attached hydrogen (secondary N) is 1. The van der Waals surface area contributed by atoms with Crippen LogP contribution in [0.5, 0.6) is 0 Å². The summed E-state index contributed by atoms with van der Waals surface area (Å²) in [6.07, 6.45) is 0.497. The van der Waals surface area contributed by atoms with Crippen molar-refractivity contribution in [3.05, 3.63) is 0 Å². The number of ketones is 1. The molecule has 0 fully saturated rings. The molecule has 9 heteroatoms. The summed E-state index contributed by atoms with van der Waals surface area (Å²) in [6, 6.07) is 0.503. The van der Waals surface area contributed by atoms with Crippen molar-refractivity contribution in [1.82, 2.24) is 5.32 Å². The van der Waals surface area contributed by atoms with E-state index in [1.807, 2.05) is 0 Å². The van der Waals surface area contributed by atoms with Crippen molar-refractivity contribution in [2.75, 3.05) is 47.6 Å². The predicted molar refractivity (Wildman–Crippen MR) is 74.1 cm³/mol. The molecule has 8 nitrogen and oxygen atoms in total. The smallest absolute Gasteiger partial charge is 0.460 e. The summed E-state index contributed by atoms with van der Waals surface area (Å²) in [7, 11) is 1.89. The molecule has 0 heterocycles. The molecule has 0 aromatic rings. The zero-order chi connectivity index (χ0) is 15.4. The first-order chi connectivity index (χ1) is 9.55. The lowest BCUT2D eigenvalue weighted by Gasteiger charge is -2.23. The fourth-order valence-corrected chi connectivity index (χ4v) is 3.16. The lowest BCUT2D eigenvalue weighted by molar-refractivity contribution is -0.153. The third-order valence-electron chi connectivity index (χ3n) is 2.63. The zero-order valence-corrected chi connectivity index (χ0v) is 13.3. The summed E-state index contributed by atoms with van der Waals surface area (Å²) >= 11 is 0. The van der Waals surface area contributed by atoms with E-state index < -0.39 is 20.6 Å². The molecule has 20 heavy (non-hydrogen) atoms. The molecule has 0 aromatic carbocycles. The van der Waals surface area contributed by atoms with Gasteiger partial charge in [-0.3, -0.25) is 4.79 Å². The van der Waals surface area contributed by atoms with Crippen LogP contribution in [0.2, 0.25) is 6.04 Å². The Hall–Kier alpha value is -0.843. The topological polar surface area (TPSA) is 109 Å². The van der Waals surface area contributed by atoms with Crippen LogP contribution in [-0.4, -0.2) is 68.1 Å². The second-order valence-electron chi connectivity index (χ2n) is 3.92. The molecule has 0 saturated heterocycles. The van der Waals surface area contributed by atoms with Gasteiger partial charge >= 0.3 is 14.8 Å². The van der Waals surface area contributed by atoms with Crippen molar-refractivity contribution in [3.63, 3.8) is 0 Å². The highest BCUT2D eigenvalue weighted by Gasteiger charge is 2.37. The van der Waals surface area contributed by atoms with Crippen molar-refractivity contribution >= 4 is 20.6 Å². The van der Waals surface area contributed by atoms with Gasteiger partial charge in [0.25, 0.3) is 5.78 Å². The van der Waals surface area contributed by atoms with Crippen molar-refractivity contribution in [2.45, 2.75) is 12.5 Å². The summed E-state index contributed by atoms with van der Waals surface area (Å²) in [5.74, 6) is -1.47. The Morgan fingerprint density at radius 3 is 2.25 bits per heavy atom. The van der Waals surface area contributed by atoms with Gasteiger partial charge in [0.1, 0.15) is 0 Å². The molecule has 0 atom stereocenters. The van der Waals surface area contributed by atoms with Crippen LogP contribution >= 0.6 is 0 Å². The number of ether oxygens (including phenoxy) is 1. The number of hydrogen-bond acceptors (Lipinski definition) is 8. The average Bonchev–Trinajstić information content (AvgIpc) is 2.48. The van der Waals surface area contributed by atoms with Gasteiger partial charge in [0, 0.05) is 40.5 Å². The quantitative estimate of drug-likeness (QED) is 0.203. The van der Waals surface area contributed by atoms with E-state index >= 15 is 0 Å². The van der Waals surface area contributed by atoms with Crippen LogP contribution in [0.4, 0.5) is 0 Å². The first-order valence-corrected chi connectivity index (χ1v) is 8.24. The maximum Gasteiger partial charge on any atom is 0.500 e. The van der Waals surface area contributed by atoms with Crippen LogP contribution in [0.15, 0.2) is 0 Å². The highest BCUT2D eigenvalue weighted by atomic mass is 28.4. The van der Waals surface area contributed by atoms with Gasteiger partial charge in [-0.1, -0.05) is 0 Å². The van der Waals surface area contributed by atoms with E-state index in [4.69, 9.17) is 23.7 Å². The number of Topliss-reactive ketones (excluding diaryl/α,β-unsaturated/α-hetero) is 1. The third kappa shape index (κ3) is 7.08. The summed E-state index contributed by atoms with van der Waals surface area (Å²) in [6.45, 7) is 0.929. The zero-order valence-electron chi connectivity index (χ0n) is 12.3. The Morgan fingerprint density at radius 1 is 1.15 bits per heavy atom. The first-order valence-electron chi connectivity index (χ1n) is 6.31. The minimum Gasteiger partial charge on any atom is -0.460 e. The SMILES string of the molecule is CO[Si](CCCOC(=O)C(=O)CNCCN)(OC)OC. The number of nitrogens with two attached hydrogens (primary N) is 1. The number of carbonyl (C=O) groups excluding carboxylic acids is 2. The number of esters is 1. The van der Waals surface area contributed by atoms with Crippen LogP contribution in [-0.2, 0) is 27.6 Å². The molecule has 0 saturated carbocycles. The normalized spacial score (nSPS) is 11.4. The van der Waals surface area contributed by atoms with Crippen LogP contribution in [0.25, 0.3) is 0 Å². The summed E-state index contributed by atoms with van der Waals surface area (Å²) in [4.78, 5) is 22.7. The van der Waals surface area contributed by atoms with Crippen molar-refractivity contribution < 1.29 is 27.6 Å². The maximum atomic E-state index is 11.3. The van der Waals surface area contributed by atoms with Crippen LogP contribution in [0.3, 0.4) is 0 Å². The molecule has 0 rings (SSSR count). The molecule has 0 radical (unpaired) electrons. The summed E-state index contributed by atoms with van der Waals surface area (Å²) < 4.78 is 20.5. The molecular formula is C11H24N2O6Si. The first kappa shape index (κ1) is 19.2. The molecule has 0 aromatic heterocycles. The van der Waals surface area contributed by atoms with E-state index in [9.17, 15) is 9.59 Å². The fraction of sp³-hybridized carbons (Fsp3) is 0.818. The molecule has 0 aliphatic heterocycles. The van der Waals surface area contributed by atoms with Crippen molar-refractivity contribution in [2.24, 2.45) is 5.73 Å². The van der Waals surface area contributed by atoms with E-state index in [0.717, 1.165) is 0 Å². The van der Waals surface area contributed by atoms with Gasteiger partial charge < -0.3 is 29.1 Å². The van der Waals surface area contributed by atoms with Crippen LogP contribution in [0.1, 0.15) is 6.42 Å². The van der Waals surface area contributed by atoms with Crippen molar-refractivity contribution in [3.8, 4) is 0 Å². The number of rotatable bonds is 12. The average molecular weight is 308 g/mol. The highest BCUT2D eigenvalue weighted by Crippen LogP contribution is 2.14. The van der Waals surface area contributed by atoms with Gasteiger partial charge in [0.05, 0.1) is 13.2 Å². The molecule has 0 amide bonds. The molecular weight excluding hydrogens is 284 g/mol. The molecule has 0 aliphatic carbocycles.